The second-order valence-corrected chi connectivity index (χ2v) is 10.7. The quantitative estimate of drug-likeness (QED) is 0.147. The van der Waals surface area contributed by atoms with Crippen molar-refractivity contribution in [1.82, 2.24) is 34.9 Å². The molecule has 38 heavy (non-hydrogen) atoms. The van der Waals surface area contributed by atoms with Crippen LogP contribution in [0.5, 0.6) is 5.75 Å². The van der Waals surface area contributed by atoms with Crippen LogP contribution in [-0.4, -0.2) is 47.3 Å². The van der Waals surface area contributed by atoms with Gasteiger partial charge in [0.1, 0.15) is 10.8 Å². The maximum Gasteiger partial charge on any atom is 0.339 e. The Hall–Kier alpha value is -3.52. The van der Waals surface area contributed by atoms with Crippen molar-refractivity contribution < 1.29 is 4.74 Å². The average Bonchev–Trinajstić information content (AvgIpc) is 3.31. The highest BCUT2D eigenvalue weighted by Crippen LogP contribution is 2.33. The van der Waals surface area contributed by atoms with Gasteiger partial charge in [-0.3, -0.25) is 19.4 Å². The topological polar surface area (TPSA) is 141 Å². The number of fused-ring (bicyclic) bond motifs is 1. The van der Waals surface area contributed by atoms with Crippen LogP contribution in [0.25, 0.3) is 21.5 Å². The number of nitrogens with one attached hydrogen (secondary N) is 2. The van der Waals surface area contributed by atoms with E-state index in [9.17, 15) is 9.59 Å². The smallest absolute Gasteiger partial charge is 0.339 e. The van der Waals surface area contributed by atoms with E-state index in [1.807, 2.05) is 18.2 Å². The van der Waals surface area contributed by atoms with Gasteiger partial charge in [0.2, 0.25) is 5.95 Å². The minimum atomic E-state index is -0.814. The van der Waals surface area contributed by atoms with Gasteiger partial charge in [0.05, 0.1) is 45.3 Å². The molecular formula is C23H18Cl2N8O3S2. The fourth-order valence-electron chi connectivity index (χ4n) is 3.40. The van der Waals surface area contributed by atoms with Crippen molar-refractivity contribution in [2.75, 3.05) is 17.7 Å². The summed E-state index contributed by atoms with van der Waals surface area (Å²) in [6, 6.07) is 10.9. The number of H-pyrrole nitrogens is 1. The molecule has 5 aromatic rings. The zero-order valence-corrected chi connectivity index (χ0v) is 22.8. The number of hydrogen-bond donors (Lipinski definition) is 2. The summed E-state index contributed by atoms with van der Waals surface area (Å²) in [4.78, 5) is 35.7. The van der Waals surface area contributed by atoms with Crippen LogP contribution in [0.3, 0.4) is 0 Å². The van der Waals surface area contributed by atoms with Crippen molar-refractivity contribution >= 4 is 62.5 Å². The Morgan fingerprint density at radius 1 is 1.13 bits per heavy atom. The van der Waals surface area contributed by atoms with Crippen LogP contribution in [0.1, 0.15) is 5.01 Å². The number of nitrogens with zero attached hydrogens (tertiary/aromatic N) is 6. The lowest BCUT2D eigenvalue weighted by atomic mass is 10.1. The van der Waals surface area contributed by atoms with Gasteiger partial charge in [-0.05, 0) is 24.3 Å². The van der Waals surface area contributed by atoms with E-state index in [4.69, 9.17) is 27.9 Å². The van der Waals surface area contributed by atoms with Gasteiger partial charge in [-0.1, -0.05) is 41.0 Å². The molecule has 0 saturated heterocycles. The van der Waals surface area contributed by atoms with Crippen molar-refractivity contribution in [3.8, 4) is 17.0 Å². The van der Waals surface area contributed by atoms with Crippen LogP contribution < -0.4 is 21.2 Å². The van der Waals surface area contributed by atoms with Gasteiger partial charge in [-0.15, -0.1) is 16.4 Å². The van der Waals surface area contributed by atoms with E-state index in [2.05, 4.69) is 35.6 Å². The Morgan fingerprint density at radius 3 is 2.76 bits per heavy atom. The van der Waals surface area contributed by atoms with Crippen molar-refractivity contribution in [3.63, 3.8) is 0 Å². The maximum absolute atomic E-state index is 11.5. The van der Waals surface area contributed by atoms with E-state index in [1.54, 1.807) is 25.2 Å². The van der Waals surface area contributed by atoms with Crippen LogP contribution >= 0.6 is 46.3 Å². The standard InChI is InChI=1S/C23H18Cl2N8O3S2/c1-33-23(30-20(34)21(35)32-33)37-8-7-36-12-5-6-17-15(9-12)28-18(38-17)11-26-22-29-16(10-27-31-22)19-13(24)3-2-4-14(19)25/h2-6,9-10H,7-8,11H2,1H3,(H,32,35)(H,26,29,31). The molecule has 3 heterocycles. The molecule has 2 aromatic carbocycles. The number of rotatable bonds is 9. The molecule has 3 aromatic heterocycles. The van der Waals surface area contributed by atoms with Gasteiger partial charge in [-0.25, -0.2) is 9.97 Å². The Balaban J connectivity index is 1.20. The molecule has 194 valence electrons. The lowest BCUT2D eigenvalue weighted by molar-refractivity contribution is 0.344. The monoisotopic (exact) mass is 588 g/mol. The van der Waals surface area contributed by atoms with E-state index < -0.39 is 11.1 Å². The van der Waals surface area contributed by atoms with Crippen LogP contribution in [0, 0.1) is 0 Å². The van der Waals surface area contributed by atoms with Gasteiger partial charge < -0.3 is 10.1 Å². The predicted molar refractivity (Wildman–Crippen MR) is 149 cm³/mol. The van der Waals surface area contributed by atoms with Crippen molar-refractivity contribution in [3.05, 3.63) is 78.4 Å². The molecule has 0 aliphatic rings. The first-order chi connectivity index (χ1) is 18.4. The maximum atomic E-state index is 11.5. The van der Waals surface area contributed by atoms with Crippen LogP contribution in [0.4, 0.5) is 5.95 Å². The first-order valence-electron chi connectivity index (χ1n) is 11.1. The number of thiazole rings is 1. The normalized spacial score (nSPS) is 11.1. The minimum absolute atomic E-state index is 0.328. The summed E-state index contributed by atoms with van der Waals surface area (Å²) < 4.78 is 8.25. The van der Waals surface area contributed by atoms with Crippen molar-refractivity contribution in [2.45, 2.75) is 11.7 Å². The molecular weight excluding hydrogens is 571 g/mol. The lowest BCUT2D eigenvalue weighted by Crippen LogP contribution is -2.33. The zero-order valence-electron chi connectivity index (χ0n) is 19.6. The largest absolute Gasteiger partial charge is 0.493 e. The second-order valence-electron chi connectivity index (χ2n) is 7.75. The van der Waals surface area contributed by atoms with E-state index in [0.717, 1.165) is 15.2 Å². The predicted octanol–water partition coefficient (Wildman–Crippen LogP) is 4.02. The van der Waals surface area contributed by atoms with E-state index in [0.29, 0.717) is 57.1 Å². The van der Waals surface area contributed by atoms with Crippen LogP contribution in [0.2, 0.25) is 10.0 Å². The third kappa shape index (κ3) is 5.96. The number of aromatic nitrogens is 7. The Labute approximate surface area is 233 Å². The summed E-state index contributed by atoms with van der Waals surface area (Å²) in [6.45, 7) is 0.776. The second kappa shape index (κ2) is 11.5. The highest BCUT2D eigenvalue weighted by atomic mass is 35.5. The van der Waals surface area contributed by atoms with Gasteiger partial charge >= 0.3 is 11.1 Å². The molecule has 15 heteroatoms. The summed E-state index contributed by atoms with van der Waals surface area (Å²) in [7, 11) is 1.62. The number of halogens is 2. The number of thioether (sulfide) groups is 1. The molecule has 2 N–H and O–H groups in total. The molecule has 0 amide bonds. The number of benzene rings is 2. The average molecular weight is 589 g/mol. The number of hydrogen-bond acceptors (Lipinski definition) is 11. The van der Waals surface area contributed by atoms with Gasteiger partial charge in [0, 0.05) is 24.4 Å². The molecule has 0 atom stereocenters. The summed E-state index contributed by atoms with van der Waals surface area (Å²) >= 11 is 15.4. The zero-order chi connectivity index (χ0) is 26.6. The fourth-order valence-corrected chi connectivity index (χ4v) is 5.61. The molecule has 0 saturated carbocycles. The summed E-state index contributed by atoms with van der Waals surface area (Å²) in [6.07, 6.45) is 1.51. The molecule has 0 aliphatic carbocycles. The minimum Gasteiger partial charge on any atom is -0.493 e. The molecule has 0 spiro atoms. The Kier molecular flexibility index (Phi) is 7.88. The van der Waals surface area contributed by atoms with E-state index in [1.165, 1.54) is 34.0 Å². The van der Waals surface area contributed by atoms with Crippen LogP contribution in [-0.2, 0) is 13.6 Å². The molecule has 0 bridgehead atoms. The molecule has 0 radical (unpaired) electrons. The van der Waals surface area contributed by atoms with E-state index in [-0.39, 0.29) is 0 Å². The van der Waals surface area contributed by atoms with E-state index >= 15 is 0 Å². The van der Waals surface area contributed by atoms with Gasteiger partial charge in [0.15, 0.2) is 5.16 Å². The highest BCUT2D eigenvalue weighted by molar-refractivity contribution is 7.99. The molecule has 0 aliphatic heterocycles. The van der Waals surface area contributed by atoms with Crippen molar-refractivity contribution in [2.24, 2.45) is 7.05 Å². The molecule has 0 unspecified atom stereocenters. The third-order valence-corrected chi connectivity index (χ3v) is 7.77. The summed E-state index contributed by atoms with van der Waals surface area (Å²) in [5, 5.41) is 15.8. The summed E-state index contributed by atoms with van der Waals surface area (Å²) in [5.74, 6) is 1.53. The van der Waals surface area contributed by atoms with Gasteiger partial charge in [0.25, 0.3) is 0 Å². The third-order valence-electron chi connectivity index (χ3n) is 5.11. The molecule has 11 nitrogen and oxygen atoms in total. The Bertz CT molecular complexity index is 1720. The number of aryl methyl sites for hydroxylation is 1. The SMILES string of the molecule is Cn1[nH]c(=O)c(=O)nc1SCCOc1ccc2sc(CNc3nncc(-c4c(Cl)cccc4Cl)n3)nc2c1. The molecule has 0 fully saturated rings. The first kappa shape index (κ1) is 26.1. The summed E-state index contributed by atoms with van der Waals surface area (Å²) in [5.41, 5.74) is 0.349. The number of ether oxygens (including phenoxy) is 1. The number of anilines is 1. The number of aromatic amines is 1. The van der Waals surface area contributed by atoms with Crippen molar-refractivity contribution in [1.29, 1.82) is 0 Å². The van der Waals surface area contributed by atoms with Gasteiger partial charge in [-0.2, -0.15) is 10.1 Å². The first-order valence-corrected chi connectivity index (χ1v) is 13.6. The highest BCUT2D eigenvalue weighted by Gasteiger charge is 2.12. The Morgan fingerprint density at radius 2 is 1.95 bits per heavy atom. The van der Waals surface area contributed by atoms with Crippen LogP contribution in [0.15, 0.2) is 57.3 Å². The lowest BCUT2D eigenvalue weighted by Gasteiger charge is -2.07. The molecule has 5 rings (SSSR count). The fraction of sp³-hybridized carbons (Fsp3) is 0.174.